The molecule has 1 aliphatic heterocycles. The van der Waals surface area contributed by atoms with Crippen molar-refractivity contribution < 1.29 is 22.4 Å². The molecule has 0 spiro atoms. The number of benzene rings is 1. The summed E-state index contributed by atoms with van der Waals surface area (Å²) in [6, 6.07) is 6.89. The molecule has 9 heteroatoms. The Labute approximate surface area is 139 Å². The Bertz CT molecular complexity index is 840. The maximum atomic E-state index is 12.3. The van der Waals surface area contributed by atoms with Crippen molar-refractivity contribution >= 4 is 15.7 Å². The fourth-order valence-corrected chi connectivity index (χ4v) is 3.55. The number of aromatic nitrogens is 2. The first-order chi connectivity index (χ1) is 11.5. The summed E-state index contributed by atoms with van der Waals surface area (Å²) in [5.74, 6) is -0.594. The van der Waals surface area contributed by atoms with E-state index in [0.29, 0.717) is 24.4 Å². The number of ether oxygens (including phenoxy) is 1. The van der Waals surface area contributed by atoms with Gasteiger partial charge in [0, 0.05) is 13.1 Å². The molecule has 1 fully saturated rings. The number of para-hydroxylation sites is 1. The Hall–Kier alpha value is -2.42. The van der Waals surface area contributed by atoms with E-state index < -0.39 is 26.7 Å². The standard InChI is InChI=1S/C15H17N3O5S/c1-22-12-7-3-2-6-11(12)14-16-17-15(23-14)24(20,21)10-13(19)18-8-4-5-9-18/h2-3,6-7H,4-5,8-10H2,1H3. The Morgan fingerprint density at radius 1 is 1.25 bits per heavy atom. The lowest BCUT2D eigenvalue weighted by atomic mass is 10.2. The fourth-order valence-electron chi connectivity index (χ4n) is 2.55. The lowest BCUT2D eigenvalue weighted by Crippen LogP contribution is -2.33. The van der Waals surface area contributed by atoms with Gasteiger partial charge in [0.15, 0.2) is 0 Å². The number of nitrogens with zero attached hydrogens (tertiary/aromatic N) is 3. The van der Waals surface area contributed by atoms with Gasteiger partial charge in [0.2, 0.25) is 15.7 Å². The van der Waals surface area contributed by atoms with Crippen LogP contribution in [-0.2, 0) is 14.6 Å². The van der Waals surface area contributed by atoms with Crippen LogP contribution < -0.4 is 4.74 Å². The molecule has 3 rings (SSSR count). The minimum absolute atomic E-state index is 0.0275. The average molecular weight is 351 g/mol. The Balaban J connectivity index is 1.82. The van der Waals surface area contributed by atoms with Gasteiger partial charge in [0.1, 0.15) is 11.5 Å². The molecule has 0 atom stereocenters. The van der Waals surface area contributed by atoms with E-state index in [0.717, 1.165) is 12.8 Å². The highest BCUT2D eigenvalue weighted by molar-refractivity contribution is 7.91. The monoisotopic (exact) mass is 351 g/mol. The smallest absolute Gasteiger partial charge is 0.336 e. The van der Waals surface area contributed by atoms with Gasteiger partial charge in [-0.15, -0.1) is 5.10 Å². The number of amides is 1. The summed E-state index contributed by atoms with van der Waals surface area (Å²) >= 11 is 0. The van der Waals surface area contributed by atoms with E-state index in [2.05, 4.69) is 10.2 Å². The summed E-state index contributed by atoms with van der Waals surface area (Å²) in [6.45, 7) is 1.18. The average Bonchev–Trinajstić information content (AvgIpc) is 3.26. The Kier molecular flexibility index (Phi) is 4.52. The van der Waals surface area contributed by atoms with Crippen molar-refractivity contribution in [1.29, 1.82) is 0 Å². The molecule has 2 heterocycles. The van der Waals surface area contributed by atoms with Crippen LogP contribution in [-0.4, -0.2) is 55.4 Å². The van der Waals surface area contributed by atoms with Gasteiger partial charge in [-0.1, -0.05) is 17.2 Å². The first-order valence-electron chi connectivity index (χ1n) is 7.49. The van der Waals surface area contributed by atoms with Gasteiger partial charge in [-0.2, -0.15) is 0 Å². The molecule has 1 aromatic heterocycles. The summed E-state index contributed by atoms with van der Waals surface area (Å²) in [7, 11) is -2.49. The van der Waals surface area contributed by atoms with Gasteiger partial charge in [-0.05, 0) is 25.0 Å². The van der Waals surface area contributed by atoms with Crippen LogP contribution in [0, 0.1) is 0 Å². The molecule has 0 unspecified atom stereocenters. The van der Waals surface area contributed by atoms with E-state index in [9.17, 15) is 13.2 Å². The molecule has 0 saturated carbocycles. The number of rotatable bonds is 5. The number of hydrogen-bond donors (Lipinski definition) is 0. The first-order valence-corrected chi connectivity index (χ1v) is 9.14. The molecular formula is C15H17N3O5S. The molecule has 24 heavy (non-hydrogen) atoms. The first kappa shape index (κ1) is 16.4. The Morgan fingerprint density at radius 3 is 2.67 bits per heavy atom. The molecule has 128 valence electrons. The topological polar surface area (TPSA) is 103 Å². The van der Waals surface area contributed by atoms with Gasteiger partial charge in [0.25, 0.3) is 5.89 Å². The maximum Gasteiger partial charge on any atom is 0.336 e. The molecule has 1 aliphatic rings. The Morgan fingerprint density at radius 2 is 1.96 bits per heavy atom. The minimum Gasteiger partial charge on any atom is -0.496 e. The van der Waals surface area contributed by atoms with E-state index in [1.807, 2.05) is 0 Å². The van der Waals surface area contributed by atoms with Gasteiger partial charge < -0.3 is 14.1 Å². The van der Waals surface area contributed by atoms with E-state index in [1.165, 1.54) is 12.0 Å². The highest BCUT2D eigenvalue weighted by Crippen LogP contribution is 2.29. The number of carbonyl (C=O) groups is 1. The lowest BCUT2D eigenvalue weighted by molar-refractivity contribution is -0.127. The van der Waals surface area contributed by atoms with Crippen LogP contribution in [0.3, 0.4) is 0 Å². The quantitative estimate of drug-likeness (QED) is 0.796. The van der Waals surface area contributed by atoms with Crippen molar-refractivity contribution in [2.24, 2.45) is 0 Å². The van der Waals surface area contributed by atoms with Crippen molar-refractivity contribution in [3.63, 3.8) is 0 Å². The lowest BCUT2D eigenvalue weighted by Gasteiger charge is -2.13. The van der Waals surface area contributed by atoms with E-state index in [-0.39, 0.29) is 5.89 Å². The molecular weight excluding hydrogens is 334 g/mol. The van der Waals surface area contributed by atoms with Gasteiger partial charge in [0.05, 0.1) is 12.7 Å². The normalized spacial score (nSPS) is 14.8. The largest absolute Gasteiger partial charge is 0.496 e. The molecule has 0 bridgehead atoms. The summed E-state index contributed by atoms with van der Waals surface area (Å²) in [5.41, 5.74) is 0.486. The molecule has 1 saturated heterocycles. The predicted octanol–water partition coefficient (Wildman–Crippen LogP) is 1.14. The van der Waals surface area contributed by atoms with Crippen LogP contribution in [0.1, 0.15) is 12.8 Å². The summed E-state index contributed by atoms with van der Waals surface area (Å²) in [5, 5.41) is 6.79. The molecule has 0 radical (unpaired) electrons. The van der Waals surface area contributed by atoms with Crippen molar-refractivity contribution in [1.82, 2.24) is 15.1 Å². The zero-order chi connectivity index (χ0) is 17.2. The summed E-state index contributed by atoms with van der Waals surface area (Å²) in [4.78, 5) is 13.6. The van der Waals surface area contributed by atoms with Gasteiger partial charge >= 0.3 is 5.22 Å². The van der Waals surface area contributed by atoms with E-state index >= 15 is 0 Å². The molecule has 1 aromatic carbocycles. The summed E-state index contributed by atoms with van der Waals surface area (Å²) in [6.07, 6.45) is 1.79. The maximum absolute atomic E-state index is 12.3. The van der Waals surface area contributed by atoms with E-state index in [4.69, 9.17) is 9.15 Å². The summed E-state index contributed by atoms with van der Waals surface area (Å²) < 4.78 is 35.1. The number of methoxy groups -OCH3 is 1. The number of likely N-dealkylation sites (tertiary alicyclic amines) is 1. The number of carbonyl (C=O) groups excluding carboxylic acids is 1. The van der Waals surface area contributed by atoms with Crippen LogP contribution in [0.4, 0.5) is 0 Å². The van der Waals surface area contributed by atoms with Crippen LogP contribution in [0.2, 0.25) is 0 Å². The molecule has 1 amide bonds. The third-order valence-electron chi connectivity index (χ3n) is 3.78. The third-order valence-corrected chi connectivity index (χ3v) is 5.11. The zero-order valence-corrected chi connectivity index (χ0v) is 14.0. The molecule has 2 aromatic rings. The fraction of sp³-hybridized carbons (Fsp3) is 0.400. The highest BCUT2D eigenvalue weighted by atomic mass is 32.2. The molecule has 0 N–H and O–H groups in total. The zero-order valence-electron chi connectivity index (χ0n) is 13.1. The van der Waals surface area contributed by atoms with Crippen molar-refractivity contribution in [2.45, 2.75) is 18.1 Å². The van der Waals surface area contributed by atoms with Crippen LogP contribution in [0.15, 0.2) is 33.9 Å². The van der Waals surface area contributed by atoms with Crippen molar-refractivity contribution in [3.05, 3.63) is 24.3 Å². The second-order valence-electron chi connectivity index (χ2n) is 5.42. The molecule has 0 aliphatic carbocycles. The molecule has 8 nitrogen and oxygen atoms in total. The van der Waals surface area contributed by atoms with Crippen molar-refractivity contribution in [2.75, 3.05) is 26.0 Å². The van der Waals surface area contributed by atoms with Crippen LogP contribution in [0.5, 0.6) is 5.75 Å². The predicted molar refractivity (Wildman–Crippen MR) is 84.2 cm³/mol. The second kappa shape index (κ2) is 6.60. The van der Waals surface area contributed by atoms with Gasteiger partial charge in [-0.25, -0.2) is 8.42 Å². The highest BCUT2D eigenvalue weighted by Gasteiger charge is 2.30. The minimum atomic E-state index is -3.98. The van der Waals surface area contributed by atoms with Crippen LogP contribution >= 0.6 is 0 Å². The number of sulfone groups is 1. The third kappa shape index (κ3) is 3.25. The van der Waals surface area contributed by atoms with E-state index in [1.54, 1.807) is 24.3 Å². The van der Waals surface area contributed by atoms with Gasteiger partial charge in [-0.3, -0.25) is 4.79 Å². The second-order valence-corrected chi connectivity index (χ2v) is 7.29. The van der Waals surface area contributed by atoms with Crippen molar-refractivity contribution in [3.8, 4) is 17.2 Å². The number of hydrogen-bond acceptors (Lipinski definition) is 7. The van der Waals surface area contributed by atoms with Crippen LogP contribution in [0.25, 0.3) is 11.5 Å². The SMILES string of the molecule is COc1ccccc1-c1nnc(S(=O)(=O)CC(=O)N2CCCC2)o1.